The average molecular weight is 466 g/mol. The summed E-state index contributed by atoms with van der Waals surface area (Å²) in [6.45, 7) is 5.50. The van der Waals surface area contributed by atoms with Crippen molar-refractivity contribution in [3.8, 4) is 11.8 Å². The highest BCUT2D eigenvalue weighted by molar-refractivity contribution is 6.33. The van der Waals surface area contributed by atoms with Crippen LogP contribution in [0.1, 0.15) is 42.3 Å². The van der Waals surface area contributed by atoms with Crippen LogP contribution in [0.5, 0.6) is 0 Å². The molecule has 1 fully saturated rings. The molecule has 33 heavy (non-hydrogen) atoms. The molecule has 0 amide bonds. The predicted molar refractivity (Wildman–Crippen MR) is 124 cm³/mol. The third-order valence-corrected chi connectivity index (χ3v) is 6.60. The van der Waals surface area contributed by atoms with Crippen LogP contribution in [0.15, 0.2) is 35.0 Å². The van der Waals surface area contributed by atoms with Gasteiger partial charge in [0.15, 0.2) is 17.2 Å². The van der Waals surface area contributed by atoms with Crippen LogP contribution in [0, 0.1) is 18.8 Å². The first-order valence-electron chi connectivity index (χ1n) is 10.7. The van der Waals surface area contributed by atoms with Gasteiger partial charge < -0.3 is 25.0 Å². The first kappa shape index (κ1) is 21.7. The van der Waals surface area contributed by atoms with Crippen molar-refractivity contribution in [1.82, 2.24) is 15.1 Å². The zero-order valence-electron chi connectivity index (χ0n) is 18.4. The Morgan fingerprint density at radius 3 is 2.79 bits per heavy atom. The van der Waals surface area contributed by atoms with Gasteiger partial charge in [-0.2, -0.15) is 4.98 Å². The van der Waals surface area contributed by atoms with Gasteiger partial charge in [-0.25, -0.2) is 4.98 Å². The van der Waals surface area contributed by atoms with Gasteiger partial charge in [0, 0.05) is 42.5 Å². The smallest absolute Gasteiger partial charge is 0.222 e. The maximum Gasteiger partial charge on any atom is 0.222 e. The highest BCUT2D eigenvalue weighted by Crippen LogP contribution is 2.50. The Bertz CT molecular complexity index is 1270. The normalized spacial score (nSPS) is 18.5. The summed E-state index contributed by atoms with van der Waals surface area (Å²) in [5, 5.41) is 15.0. The van der Waals surface area contributed by atoms with Crippen LogP contribution in [0.25, 0.3) is 0 Å². The Balaban J connectivity index is 1.57. The molecule has 0 unspecified atom stereocenters. The molecule has 5 rings (SSSR count). The van der Waals surface area contributed by atoms with Gasteiger partial charge >= 0.3 is 0 Å². The minimum Gasteiger partial charge on any atom is -0.381 e. The van der Waals surface area contributed by atoms with E-state index in [0.29, 0.717) is 42.1 Å². The van der Waals surface area contributed by atoms with Gasteiger partial charge in [0.05, 0.1) is 11.9 Å². The van der Waals surface area contributed by atoms with E-state index in [1.165, 1.54) is 11.8 Å². The van der Waals surface area contributed by atoms with E-state index < -0.39 is 5.60 Å². The summed E-state index contributed by atoms with van der Waals surface area (Å²) in [6, 6.07) is 7.76. The number of anilines is 3. The fourth-order valence-electron chi connectivity index (χ4n) is 4.54. The van der Waals surface area contributed by atoms with Crippen molar-refractivity contribution in [3.63, 3.8) is 0 Å². The molecule has 2 aliphatic heterocycles. The lowest BCUT2D eigenvalue weighted by Crippen LogP contribution is -2.37. The second-order valence-electron chi connectivity index (χ2n) is 8.77. The molecule has 2 aromatic heterocycles. The summed E-state index contributed by atoms with van der Waals surface area (Å²) in [5.74, 6) is 7.03. The van der Waals surface area contributed by atoms with Crippen LogP contribution in [-0.4, -0.2) is 40.0 Å². The van der Waals surface area contributed by atoms with E-state index in [0.717, 1.165) is 24.1 Å². The second-order valence-corrected chi connectivity index (χ2v) is 9.17. The van der Waals surface area contributed by atoms with Crippen molar-refractivity contribution in [1.29, 1.82) is 0 Å². The van der Waals surface area contributed by atoms with Crippen LogP contribution in [-0.2, 0) is 15.8 Å². The van der Waals surface area contributed by atoms with Crippen molar-refractivity contribution < 1.29 is 14.4 Å². The Labute approximate surface area is 196 Å². The number of aliphatic hydroxyl groups is 1. The molecule has 0 radical (unpaired) electrons. The standard InChI is InChI=1S/C24H24ClN5O3/c1-15-11-20(33-29-15)23(2,31)6-5-16-3-4-17-19(12-16)30(14-24(17)7-9-32-10-8-24)21-18(25)13-27-22(26)28-21/h3-4,11-13,31H,7-10,14H2,1-2H3,(H2,26,27,28)/t23-/m1/s1. The van der Waals surface area contributed by atoms with E-state index in [1.807, 2.05) is 12.1 Å². The van der Waals surface area contributed by atoms with Crippen molar-refractivity contribution >= 4 is 29.1 Å². The van der Waals surface area contributed by atoms with Gasteiger partial charge in [-0.15, -0.1) is 0 Å². The summed E-state index contributed by atoms with van der Waals surface area (Å²) in [4.78, 5) is 10.5. The molecule has 0 saturated carbocycles. The van der Waals surface area contributed by atoms with Crippen LogP contribution < -0.4 is 10.6 Å². The first-order valence-corrected chi connectivity index (χ1v) is 11.1. The van der Waals surface area contributed by atoms with E-state index in [4.69, 9.17) is 26.6 Å². The van der Waals surface area contributed by atoms with E-state index in [1.54, 1.807) is 19.9 Å². The Morgan fingerprint density at radius 1 is 1.27 bits per heavy atom. The summed E-state index contributed by atoms with van der Waals surface area (Å²) in [7, 11) is 0. The highest BCUT2D eigenvalue weighted by atomic mass is 35.5. The fraction of sp³-hybridized carbons (Fsp3) is 0.375. The number of benzene rings is 1. The minimum absolute atomic E-state index is 0.0640. The number of aromatic nitrogens is 3. The van der Waals surface area contributed by atoms with Crippen LogP contribution in [0.4, 0.5) is 17.5 Å². The number of hydrogen-bond acceptors (Lipinski definition) is 8. The van der Waals surface area contributed by atoms with E-state index in [-0.39, 0.29) is 11.4 Å². The van der Waals surface area contributed by atoms with E-state index in [2.05, 4.69) is 37.9 Å². The molecule has 1 spiro atoms. The van der Waals surface area contributed by atoms with Crippen molar-refractivity contribution in [2.75, 3.05) is 30.4 Å². The third-order valence-electron chi connectivity index (χ3n) is 6.33. The van der Waals surface area contributed by atoms with Crippen molar-refractivity contribution in [2.24, 2.45) is 0 Å². The van der Waals surface area contributed by atoms with Crippen LogP contribution in [0.3, 0.4) is 0 Å². The molecule has 0 bridgehead atoms. The first-order chi connectivity index (χ1) is 15.8. The van der Waals surface area contributed by atoms with Gasteiger partial charge in [-0.3, -0.25) is 0 Å². The molecular weight excluding hydrogens is 442 g/mol. The van der Waals surface area contributed by atoms with Gasteiger partial charge in [0.2, 0.25) is 5.95 Å². The maximum atomic E-state index is 10.8. The fourth-order valence-corrected chi connectivity index (χ4v) is 4.73. The molecule has 3 N–H and O–H groups in total. The SMILES string of the molecule is Cc1cc([C@](C)(O)C#Cc2ccc3c(c2)N(c2nc(N)ncc2Cl)CC32CCOCC2)on1. The van der Waals surface area contributed by atoms with Crippen molar-refractivity contribution in [3.05, 3.63) is 58.1 Å². The monoisotopic (exact) mass is 465 g/mol. The van der Waals surface area contributed by atoms with E-state index >= 15 is 0 Å². The van der Waals surface area contributed by atoms with Gasteiger partial charge in [0.25, 0.3) is 0 Å². The molecule has 9 heteroatoms. The van der Waals surface area contributed by atoms with Gasteiger partial charge in [0.1, 0.15) is 5.02 Å². The second kappa shape index (κ2) is 8.03. The number of ether oxygens (including phenoxy) is 1. The number of hydrogen-bond donors (Lipinski definition) is 2. The molecule has 4 heterocycles. The van der Waals surface area contributed by atoms with Crippen molar-refractivity contribution in [2.45, 2.75) is 37.7 Å². The zero-order valence-corrected chi connectivity index (χ0v) is 19.2. The summed E-state index contributed by atoms with van der Waals surface area (Å²) in [5.41, 5.74) is 7.96. The summed E-state index contributed by atoms with van der Waals surface area (Å²) >= 11 is 6.48. The number of fused-ring (bicyclic) bond motifs is 2. The molecule has 0 aliphatic carbocycles. The average Bonchev–Trinajstić information content (AvgIpc) is 3.37. The van der Waals surface area contributed by atoms with Gasteiger partial charge in [-0.05, 0) is 44.4 Å². The van der Waals surface area contributed by atoms with Crippen LogP contribution >= 0.6 is 11.6 Å². The van der Waals surface area contributed by atoms with Gasteiger partial charge in [-0.1, -0.05) is 34.7 Å². The number of halogens is 1. The van der Waals surface area contributed by atoms with E-state index in [9.17, 15) is 5.11 Å². The molecule has 170 valence electrons. The quantitative estimate of drug-likeness (QED) is 0.553. The van der Waals surface area contributed by atoms with Crippen LogP contribution in [0.2, 0.25) is 5.02 Å². The topological polar surface area (TPSA) is 111 Å². The third kappa shape index (κ3) is 3.93. The zero-order chi connectivity index (χ0) is 23.2. The molecule has 1 atom stereocenters. The number of nitrogens with two attached hydrogens (primary N) is 1. The predicted octanol–water partition coefficient (Wildman–Crippen LogP) is 3.47. The molecule has 1 aromatic carbocycles. The molecule has 2 aliphatic rings. The number of aryl methyl sites for hydroxylation is 1. The lowest BCUT2D eigenvalue weighted by atomic mass is 9.76. The molecular formula is C24H24ClN5O3. The number of nitrogens with zero attached hydrogens (tertiary/aromatic N) is 4. The minimum atomic E-state index is -1.47. The summed E-state index contributed by atoms with van der Waals surface area (Å²) in [6.07, 6.45) is 3.33. The highest BCUT2D eigenvalue weighted by Gasteiger charge is 2.45. The Morgan fingerprint density at radius 2 is 2.06 bits per heavy atom. The Hall–Kier alpha value is -3.12. The largest absolute Gasteiger partial charge is 0.381 e. The Kier molecular flexibility index (Phi) is 5.28. The number of rotatable bonds is 2. The molecule has 3 aromatic rings. The lowest BCUT2D eigenvalue weighted by Gasteiger charge is -2.34. The maximum absolute atomic E-state index is 10.8. The molecule has 1 saturated heterocycles. The molecule has 8 nitrogen and oxygen atoms in total. The lowest BCUT2D eigenvalue weighted by molar-refractivity contribution is 0.0558. The summed E-state index contributed by atoms with van der Waals surface area (Å²) < 4.78 is 10.8. The number of nitrogen functional groups attached to an aromatic ring is 1.